The largest absolute Gasteiger partial charge is 0.241 e. The SMILES string of the molecule is CCC1CCCC(NS(=O)(=O)c2cc(C#N)ccc2C)C1. The fourth-order valence-corrected chi connectivity index (χ4v) is 4.56. The standard InChI is InChI=1S/C16H22N2O2S/c1-3-13-5-4-6-15(9-13)18-21(19,20)16-10-14(11-17)8-7-12(16)2/h7-8,10,13,15,18H,3-6,9H2,1-2H3. The quantitative estimate of drug-likeness (QED) is 0.929. The molecule has 0 radical (unpaired) electrons. The fourth-order valence-electron chi connectivity index (χ4n) is 3.01. The van der Waals surface area contributed by atoms with Crippen LogP contribution in [0, 0.1) is 24.2 Å². The molecule has 1 aromatic rings. The lowest BCUT2D eigenvalue weighted by molar-refractivity contribution is 0.301. The topological polar surface area (TPSA) is 70.0 Å². The number of sulfonamides is 1. The number of benzene rings is 1. The van der Waals surface area contributed by atoms with E-state index in [1.807, 2.05) is 6.07 Å². The minimum Gasteiger partial charge on any atom is -0.208 e. The first-order valence-electron chi connectivity index (χ1n) is 7.49. The summed E-state index contributed by atoms with van der Waals surface area (Å²) in [5.41, 5.74) is 1.04. The van der Waals surface area contributed by atoms with Crippen molar-refractivity contribution in [1.29, 1.82) is 5.26 Å². The van der Waals surface area contributed by atoms with Crippen LogP contribution in [0.3, 0.4) is 0 Å². The summed E-state index contributed by atoms with van der Waals surface area (Å²) in [6, 6.07) is 6.79. The molecule has 1 aliphatic rings. The highest BCUT2D eigenvalue weighted by molar-refractivity contribution is 7.89. The predicted octanol–water partition coefficient (Wildman–Crippen LogP) is 3.11. The molecule has 1 saturated carbocycles. The molecular formula is C16H22N2O2S. The summed E-state index contributed by atoms with van der Waals surface area (Å²) in [6.45, 7) is 3.91. The minimum atomic E-state index is -3.56. The second-order valence-electron chi connectivity index (χ2n) is 5.85. The van der Waals surface area contributed by atoms with Crippen molar-refractivity contribution in [2.24, 2.45) is 5.92 Å². The van der Waals surface area contributed by atoms with Gasteiger partial charge in [-0.15, -0.1) is 0 Å². The first-order chi connectivity index (χ1) is 9.96. The van der Waals surface area contributed by atoms with Crippen molar-refractivity contribution >= 4 is 10.0 Å². The second kappa shape index (κ2) is 6.59. The van der Waals surface area contributed by atoms with Crippen LogP contribution in [0.4, 0.5) is 0 Å². The molecule has 1 aromatic carbocycles. The maximum absolute atomic E-state index is 12.6. The van der Waals surface area contributed by atoms with E-state index >= 15 is 0 Å². The van der Waals surface area contributed by atoms with Gasteiger partial charge in [0.2, 0.25) is 10.0 Å². The van der Waals surface area contributed by atoms with E-state index in [0.29, 0.717) is 17.0 Å². The Labute approximate surface area is 127 Å². The molecule has 0 spiro atoms. The Balaban J connectivity index is 2.21. The molecular weight excluding hydrogens is 284 g/mol. The molecule has 0 saturated heterocycles. The normalized spacial score (nSPS) is 22.7. The fraction of sp³-hybridized carbons (Fsp3) is 0.562. The van der Waals surface area contributed by atoms with Crippen LogP contribution >= 0.6 is 0 Å². The number of hydrogen-bond donors (Lipinski definition) is 1. The molecule has 0 aromatic heterocycles. The lowest BCUT2D eigenvalue weighted by Crippen LogP contribution is -2.38. The molecule has 2 rings (SSSR count). The third kappa shape index (κ3) is 3.84. The van der Waals surface area contributed by atoms with Crippen LogP contribution < -0.4 is 4.72 Å². The highest BCUT2D eigenvalue weighted by Crippen LogP contribution is 2.28. The van der Waals surface area contributed by atoms with E-state index < -0.39 is 10.0 Å². The van der Waals surface area contributed by atoms with Gasteiger partial charge in [0.05, 0.1) is 16.5 Å². The second-order valence-corrected chi connectivity index (χ2v) is 7.53. The maximum atomic E-state index is 12.6. The van der Waals surface area contributed by atoms with Crippen molar-refractivity contribution < 1.29 is 8.42 Å². The van der Waals surface area contributed by atoms with Crippen molar-refractivity contribution in [3.8, 4) is 6.07 Å². The first-order valence-corrected chi connectivity index (χ1v) is 8.97. The molecule has 2 atom stereocenters. The van der Waals surface area contributed by atoms with Gasteiger partial charge in [-0.2, -0.15) is 5.26 Å². The lowest BCUT2D eigenvalue weighted by atomic mass is 9.85. The van der Waals surface area contributed by atoms with Gasteiger partial charge < -0.3 is 0 Å². The number of hydrogen-bond acceptors (Lipinski definition) is 3. The Morgan fingerprint density at radius 3 is 2.81 bits per heavy atom. The maximum Gasteiger partial charge on any atom is 0.241 e. The molecule has 21 heavy (non-hydrogen) atoms. The van der Waals surface area contributed by atoms with Crippen molar-refractivity contribution in [2.45, 2.75) is 56.9 Å². The Kier molecular flexibility index (Phi) is 5.02. The third-order valence-corrected chi connectivity index (χ3v) is 5.95. The van der Waals surface area contributed by atoms with Gasteiger partial charge in [-0.1, -0.05) is 32.3 Å². The summed E-state index contributed by atoms with van der Waals surface area (Å²) in [4.78, 5) is 0.222. The van der Waals surface area contributed by atoms with E-state index in [1.54, 1.807) is 19.1 Å². The number of aryl methyl sites for hydroxylation is 1. The molecule has 2 unspecified atom stereocenters. The first kappa shape index (κ1) is 16.0. The summed E-state index contributed by atoms with van der Waals surface area (Å²) < 4.78 is 28.0. The monoisotopic (exact) mass is 306 g/mol. The zero-order valence-corrected chi connectivity index (χ0v) is 13.4. The van der Waals surface area contributed by atoms with Crippen LogP contribution in [0.1, 0.15) is 50.2 Å². The van der Waals surface area contributed by atoms with Crippen LogP contribution in [0.25, 0.3) is 0 Å². The molecule has 0 amide bonds. The Bertz CT molecular complexity index is 647. The predicted molar refractivity (Wildman–Crippen MR) is 82.3 cm³/mol. The van der Waals surface area contributed by atoms with Gasteiger partial charge in [-0.25, -0.2) is 13.1 Å². The van der Waals surface area contributed by atoms with Crippen molar-refractivity contribution in [3.05, 3.63) is 29.3 Å². The van der Waals surface area contributed by atoms with Crippen molar-refractivity contribution in [2.75, 3.05) is 0 Å². The highest BCUT2D eigenvalue weighted by Gasteiger charge is 2.26. The van der Waals surface area contributed by atoms with E-state index in [4.69, 9.17) is 5.26 Å². The number of nitrogens with one attached hydrogen (secondary N) is 1. The van der Waals surface area contributed by atoms with Gasteiger partial charge in [-0.05, 0) is 43.4 Å². The van der Waals surface area contributed by atoms with E-state index in [-0.39, 0.29) is 10.9 Å². The molecule has 114 valence electrons. The highest BCUT2D eigenvalue weighted by atomic mass is 32.2. The molecule has 1 fully saturated rings. The molecule has 0 aliphatic heterocycles. The number of rotatable bonds is 4. The summed E-state index contributed by atoms with van der Waals surface area (Å²) >= 11 is 0. The van der Waals surface area contributed by atoms with Crippen LogP contribution in [0.5, 0.6) is 0 Å². The molecule has 0 bridgehead atoms. The number of nitrogens with zero attached hydrogens (tertiary/aromatic N) is 1. The zero-order valence-electron chi connectivity index (χ0n) is 12.6. The molecule has 5 heteroatoms. The Morgan fingerprint density at radius 1 is 1.38 bits per heavy atom. The van der Waals surface area contributed by atoms with E-state index in [2.05, 4.69) is 11.6 Å². The Morgan fingerprint density at radius 2 is 2.14 bits per heavy atom. The summed E-state index contributed by atoms with van der Waals surface area (Å²) in [7, 11) is -3.56. The van der Waals surface area contributed by atoms with Crippen LogP contribution in [0.15, 0.2) is 23.1 Å². The summed E-state index contributed by atoms with van der Waals surface area (Å²) in [5, 5.41) is 8.94. The van der Waals surface area contributed by atoms with Crippen molar-refractivity contribution in [3.63, 3.8) is 0 Å². The van der Waals surface area contributed by atoms with E-state index in [0.717, 1.165) is 25.7 Å². The Hall–Kier alpha value is -1.38. The lowest BCUT2D eigenvalue weighted by Gasteiger charge is -2.29. The molecule has 0 heterocycles. The third-order valence-electron chi connectivity index (χ3n) is 4.29. The van der Waals surface area contributed by atoms with Gasteiger partial charge in [0.15, 0.2) is 0 Å². The smallest absolute Gasteiger partial charge is 0.208 e. The van der Waals surface area contributed by atoms with Crippen LogP contribution in [-0.2, 0) is 10.0 Å². The summed E-state index contributed by atoms with van der Waals surface area (Å²) in [5.74, 6) is 0.609. The molecule has 1 aliphatic carbocycles. The number of nitriles is 1. The average molecular weight is 306 g/mol. The van der Waals surface area contributed by atoms with Crippen molar-refractivity contribution in [1.82, 2.24) is 4.72 Å². The van der Waals surface area contributed by atoms with E-state index in [1.165, 1.54) is 12.5 Å². The zero-order chi connectivity index (χ0) is 15.5. The molecule has 1 N–H and O–H groups in total. The van der Waals surface area contributed by atoms with Gasteiger partial charge in [0.25, 0.3) is 0 Å². The van der Waals surface area contributed by atoms with Gasteiger partial charge in [0, 0.05) is 6.04 Å². The van der Waals surface area contributed by atoms with Gasteiger partial charge in [0.1, 0.15) is 0 Å². The van der Waals surface area contributed by atoms with Crippen LogP contribution in [-0.4, -0.2) is 14.5 Å². The van der Waals surface area contributed by atoms with Gasteiger partial charge in [-0.3, -0.25) is 0 Å². The van der Waals surface area contributed by atoms with E-state index in [9.17, 15) is 8.42 Å². The summed E-state index contributed by atoms with van der Waals surface area (Å²) in [6.07, 6.45) is 5.17. The minimum absolute atomic E-state index is 0.0128. The average Bonchev–Trinajstić information content (AvgIpc) is 2.47. The van der Waals surface area contributed by atoms with Crippen LogP contribution in [0.2, 0.25) is 0 Å². The molecule has 4 nitrogen and oxygen atoms in total. The van der Waals surface area contributed by atoms with Gasteiger partial charge >= 0.3 is 0 Å².